The van der Waals surface area contributed by atoms with E-state index in [0.717, 1.165) is 18.2 Å². The third-order valence-corrected chi connectivity index (χ3v) is 3.02. The number of carboxylic acid groups (broad SMARTS) is 2. The van der Waals surface area contributed by atoms with E-state index < -0.39 is 35.5 Å². The van der Waals surface area contributed by atoms with Crippen molar-refractivity contribution in [2.45, 2.75) is 13.8 Å². The van der Waals surface area contributed by atoms with Gasteiger partial charge in [0.2, 0.25) is 5.91 Å². The molecule has 0 aliphatic carbocycles. The molecule has 6 nitrogen and oxygen atoms in total. The molecule has 1 aromatic carbocycles. The summed E-state index contributed by atoms with van der Waals surface area (Å²) in [5.74, 6) is -5.72. The lowest BCUT2D eigenvalue weighted by Crippen LogP contribution is -2.30. The highest BCUT2D eigenvalue weighted by Crippen LogP contribution is 2.19. The molecule has 0 fully saturated rings. The van der Waals surface area contributed by atoms with Gasteiger partial charge in [-0.3, -0.25) is 9.59 Å². The summed E-state index contributed by atoms with van der Waals surface area (Å²) in [5, 5.41) is 19.8. The number of nitrogens with one attached hydrogen (secondary N) is 1. The molecule has 0 aliphatic rings. The second-order valence-electron chi connectivity index (χ2n) is 4.40. The number of rotatable bonds is 5. The van der Waals surface area contributed by atoms with Crippen LogP contribution in [0, 0.1) is 17.7 Å². The molecule has 0 heterocycles. The number of hydrogen-bond acceptors (Lipinski definition) is 3. The van der Waals surface area contributed by atoms with E-state index in [4.69, 9.17) is 10.2 Å². The van der Waals surface area contributed by atoms with Crippen LogP contribution in [0.15, 0.2) is 18.2 Å². The topological polar surface area (TPSA) is 104 Å². The maximum atomic E-state index is 13.5. The quantitative estimate of drug-likeness (QED) is 0.764. The molecule has 108 valence electrons. The molecule has 0 saturated carbocycles. The molecule has 3 N–H and O–H groups in total. The van der Waals surface area contributed by atoms with Crippen molar-refractivity contribution in [1.29, 1.82) is 0 Å². The van der Waals surface area contributed by atoms with Gasteiger partial charge in [0.15, 0.2) is 0 Å². The molecule has 1 rings (SSSR count). The van der Waals surface area contributed by atoms with Gasteiger partial charge in [0.1, 0.15) is 5.82 Å². The third kappa shape index (κ3) is 3.53. The lowest BCUT2D eigenvalue weighted by Gasteiger charge is -2.16. The smallest absolute Gasteiger partial charge is 0.335 e. The van der Waals surface area contributed by atoms with E-state index in [9.17, 15) is 18.8 Å². The molecule has 7 heteroatoms. The second-order valence-corrected chi connectivity index (χ2v) is 4.40. The highest BCUT2D eigenvalue weighted by molar-refractivity contribution is 5.96. The minimum atomic E-state index is -1.26. The average Bonchev–Trinajstić information content (AvgIpc) is 2.38. The van der Waals surface area contributed by atoms with Gasteiger partial charge in [-0.15, -0.1) is 0 Å². The van der Waals surface area contributed by atoms with Crippen molar-refractivity contribution in [2.75, 3.05) is 5.32 Å². The van der Waals surface area contributed by atoms with Gasteiger partial charge < -0.3 is 15.5 Å². The van der Waals surface area contributed by atoms with Gasteiger partial charge in [0.05, 0.1) is 17.2 Å². The molecule has 20 heavy (non-hydrogen) atoms. The second kappa shape index (κ2) is 6.14. The first-order valence-corrected chi connectivity index (χ1v) is 5.80. The molecule has 1 aromatic rings. The Bertz CT molecular complexity index is 558. The Morgan fingerprint density at radius 1 is 1.15 bits per heavy atom. The monoisotopic (exact) mass is 283 g/mol. The molecule has 1 amide bonds. The number of aliphatic carboxylic acids is 1. The molecule has 2 unspecified atom stereocenters. The van der Waals surface area contributed by atoms with Crippen LogP contribution in [0.2, 0.25) is 0 Å². The van der Waals surface area contributed by atoms with Crippen LogP contribution in [0.1, 0.15) is 24.2 Å². The van der Waals surface area contributed by atoms with Crippen LogP contribution in [0.25, 0.3) is 0 Å². The van der Waals surface area contributed by atoms with Crippen molar-refractivity contribution in [1.82, 2.24) is 0 Å². The van der Waals surface area contributed by atoms with Crippen LogP contribution in [0.5, 0.6) is 0 Å². The maximum absolute atomic E-state index is 13.5. The summed E-state index contributed by atoms with van der Waals surface area (Å²) in [7, 11) is 0. The molecular formula is C13H14FNO5. The number of benzene rings is 1. The van der Waals surface area contributed by atoms with Crippen LogP contribution >= 0.6 is 0 Å². The highest BCUT2D eigenvalue weighted by Gasteiger charge is 2.26. The number of hydrogen-bond donors (Lipinski definition) is 3. The van der Waals surface area contributed by atoms with Crippen molar-refractivity contribution < 1.29 is 29.0 Å². The van der Waals surface area contributed by atoms with Crippen LogP contribution < -0.4 is 5.32 Å². The fraction of sp³-hybridized carbons (Fsp3) is 0.308. The predicted octanol–water partition coefficient (Wildman–Crippen LogP) is 1.82. The first-order chi connectivity index (χ1) is 9.23. The third-order valence-electron chi connectivity index (χ3n) is 3.02. The Hall–Kier alpha value is -2.44. The van der Waals surface area contributed by atoms with Crippen LogP contribution in [0.3, 0.4) is 0 Å². The number of carbonyl (C=O) groups excluding carboxylic acids is 1. The Labute approximate surface area is 114 Å². The molecule has 0 aromatic heterocycles. The van der Waals surface area contributed by atoms with E-state index in [1.807, 2.05) is 0 Å². The number of aromatic carboxylic acids is 1. The summed E-state index contributed by atoms with van der Waals surface area (Å²) in [6.45, 7) is 2.75. The van der Waals surface area contributed by atoms with Crippen LogP contribution in [-0.2, 0) is 9.59 Å². The molecule has 2 atom stereocenters. The summed E-state index contributed by atoms with van der Waals surface area (Å²) < 4.78 is 13.5. The lowest BCUT2D eigenvalue weighted by atomic mass is 9.95. The molecule has 0 saturated heterocycles. The van der Waals surface area contributed by atoms with E-state index in [0.29, 0.717) is 0 Å². The first-order valence-electron chi connectivity index (χ1n) is 5.80. The molecule has 0 bridgehead atoms. The zero-order chi connectivity index (χ0) is 15.4. The van der Waals surface area contributed by atoms with Crippen molar-refractivity contribution in [3.63, 3.8) is 0 Å². The van der Waals surface area contributed by atoms with E-state index in [1.165, 1.54) is 13.8 Å². The predicted molar refractivity (Wildman–Crippen MR) is 68.0 cm³/mol. The molecule has 0 spiro atoms. The Kier molecular flexibility index (Phi) is 4.79. The Balaban J connectivity index is 2.93. The fourth-order valence-electron chi connectivity index (χ4n) is 1.44. The van der Waals surface area contributed by atoms with Gasteiger partial charge in [-0.1, -0.05) is 13.8 Å². The van der Waals surface area contributed by atoms with Crippen molar-refractivity contribution >= 4 is 23.5 Å². The van der Waals surface area contributed by atoms with Gasteiger partial charge in [-0.2, -0.15) is 0 Å². The summed E-state index contributed by atoms with van der Waals surface area (Å²) in [6.07, 6.45) is 0. The zero-order valence-corrected chi connectivity index (χ0v) is 10.9. The SMILES string of the molecule is CC(C(=O)O)C(C)C(=O)Nc1cc(C(=O)O)ccc1F. The number of carbonyl (C=O) groups is 3. The van der Waals surface area contributed by atoms with E-state index in [-0.39, 0.29) is 11.3 Å². The molecular weight excluding hydrogens is 269 g/mol. The van der Waals surface area contributed by atoms with Gasteiger partial charge >= 0.3 is 11.9 Å². The molecule has 0 radical (unpaired) electrons. The largest absolute Gasteiger partial charge is 0.481 e. The normalized spacial score (nSPS) is 13.3. The number of halogens is 1. The Morgan fingerprint density at radius 2 is 1.75 bits per heavy atom. The van der Waals surface area contributed by atoms with Gasteiger partial charge in [-0.05, 0) is 18.2 Å². The summed E-state index contributed by atoms with van der Waals surface area (Å²) >= 11 is 0. The van der Waals surface area contributed by atoms with Crippen molar-refractivity contribution in [3.05, 3.63) is 29.6 Å². The number of amides is 1. The maximum Gasteiger partial charge on any atom is 0.335 e. The lowest BCUT2D eigenvalue weighted by molar-refractivity contribution is -0.145. The molecule has 0 aliphatic heterocycles. The fourth-order valence-corrected chi connectivity index (χ4v) is 1.44. The zero-order valence-electron chi connectivity index (χ0n) is 10.9. The van der Waals surface area contributed by atoms with E-state index in [2.05, 4.69) is 5.32 Å². The minimum absolute atomic E-state index is 0.180. The summed E-state index contributed by atoms with van der Waals surface area (Å²) in [6, 6.07) is 2.97. The average molecular weight is 283 g/mol. The summed E-state index contributed by atoms with van der Waals surface area (Å²) in [4.78, 5) is 33.3. The summed E-state index contributed by atoms with van der Waals surface area (Å²) in [5.41, 5.74) is -0.472. The minimum Gasteiger partial charge on any atom is -0.481 e. The van der Waals surface area contributed by atoms with Gasteiger partial charge in [0.25, 0.3) is 0 Å². The first kappa shape index (κ1) is 15.6. The Morgan fingerprint density at radius 3 is 2.25 bits per heavy atom. The van der Waals surface area contributed by atoms with Gasteiger partial charge in [0, 0.05) is 5.92 Å². The van der Waals surface area contributed by atoms with E-state index in [1.54, 1.807) is 0 Å². The highest BCUT2D eigenvalue weighted by atomic mass is 19.1. The van der Waals surface area contributed by atoms with Crippen LogP contribution in [-0.4, -0.2) is 28.1 Å². The standard InChI is InChI=1S/C13H14FNO5/c1-6(7(2)12(17)18)11(16)15-10-5-8(13(19)20)3-4-9(10)14/h3-7H,1-2H3,(H,15,16)(H,17,18)(H,19,20). The van der Waals surface area contributed by atoms with E-state index >= 15 is 0 Å². The van der Waals surface area contributed by atoms with Crippen molar-refractivity contribution in [2.24, 2.45) is 11.8 Å². The van der Waals surface area contributed by atoms with Crippen molar-refractivity contribution in [3.8, 4) is 0 Å². The van der Waals surface area contributed by atoms with Crippen LogP contribution in [0.4, 0.5) is 10.1 Å². The van der Waals surface area contributed by atoms with Gasteiger partial charge in [-0.25, -0.2) is 9.18 Å². The number of carboxylic acids is 2. The number of anilines is 1.